The summed E-state index contributed by atoms with van der Waals surface area (Å²) in [4.78, 5) is 6.69. The summed E-state index contributed by atoms with van der Waals surface area (Å²) < 4.78 is 13.6. The fraction of sp³-hybridized carbons (Fsp3) is 0.632. The summed E-state index contributed by atoms with van der Waals surface area (Å²) >= 11 is 0. The van der Waals surface area contributed by atoms with Crippen LogP contribution in [0.15, 0.2) is 24.5 Å². The van der Waals surface area contributed by atoms with Crippen LogP contribution in [0.25, 0.3) is 0 Å². The summed E-state index contributed by atoms with van der Waals surface area (Å²) in [5, 5.41) is 8.79. The molecule has 0 N–H and O–H groups in total. The van der Waals surface area contributed by atoms with Gasteiger partial charge in [0.2, 0.25) is 0 Å². The predicted molar refractivity (Wildman–Crippen MR) is 96.9 cm³/mol. The van der Waals surface area contributed by atoms with Gasteiger partial charge in [0.15, 0.2) is 5.82 Å². The van der Waals surface area contributed by atoms with E-state index < -0.39 is 0 Å². The average Bonchev–Trinajstić information content (AvgIpc) is 2.99. The van der Waals surface area contributed by atoms with Crippen LogP contribution in [0.2, 0.25) is 0 Å². The van der Waals surface area contributed by atoms with E-state index >= 15 is 0 Å². The Hall–Kier alpha value is -1.99. The van der Waals surface area contributed by atoms with Gasteiger partial charge in [0, 0.05) is 51.5 Å². The van der Waals surface area contributed by atoms with Gasteiger partial charge >= 0.3 is 0 Å². The third-order valence-corrected chi connectivity index (χ3v) is 5.45. The number of nitrogens with zero attached hydrogens (tertiary/aromatic N) is 5. The maximum Gasteiger partial charge on any atom is 0.171 e. The first-order chi connectivity index (χ1) is 12.8. The lowest BCUT2D eigenvalue weighted by atomic mass is 9.99. The lowest BCUT2D eigenvalue weighted by Crippen LogP contribution is -2.40. The third kappa shape index (κ3) is 4.04. The predicted octanol–water partition coefficient (Wildman–Crippen LogP) is 1.93. The molecule has 7 nitrogen and oxygen atoms in total. The van der Waals surface area contributed by atoms with Crippen LogP contribution in [0, 0.1) is 5.92 Å². The van der Waals surface area contributed by atoms with Crippen molar-refractivity contribution in [3.8, 4) is 5.75 Å². The maximum atomic E-state index is 5.82. The number of ether oxygens (including phenoxy) is 2. The van der Waals surface area contributed by atoms with Crippen molar-refractivity contribution in [3.63, 3.8) is 0 Å². The van der Waals surface area contributed by atoms with Crippen molar-refractivity contribution < 1.29 is 9.47 Å². The summed E-state index contributed by atoms with van der Waals surface area (Å²) in [5.74, 6) is 3.47. The molecule has 0 aromatic carbocycles. The van der Waals surface area contributed by atoms with Crippen LogP contribution in [0.4, 0.5) is 0 Å². The highest BCUT2D eigenvalue weighted by Gasteiger charge is 2.26. The topological polar surface area (TPSA) is 65.3 Å². The molecule has 0 bridgehead atoms. The molecule has 2 aliphatic rings. The Balaban J connectivity index is 1.39. The third-order valence-electron chi connectivity index (χ3n) is 5.45. The number of hydrogen-bond donors (Lipinski definition) is 0. The summed E-state index contributed by atoms with van der Waals surface area (Å²) in [6.07, 6.45) is 6.75. The van der Waals surface area contributed by atoms with Crippen LogP contribution in [0.5, 0.6) is 5.75 Å². The summed E-state index contributed by atoms with van der Waals surface area (Å²) in [6.45, 7) is 7.65. The molecule has 2 aliphatic heterocycles. The number of rotatable bonds is 5. The van der Waals surface area contributed by atoms with Crippen molar-refractivity contribution in [3.05, 3.63) is 36.2 Å². The molecule has 4 heterocycles. The molecule has 0 aliphatic carbocycles. The van der Waals surface area contributed by atoms with Gasteiger partial charge < -0.3 is 14.0 Å². The minimum atomic E-state index is 0.424. The van der Waals surface area contributed by atoms with Gasteiger partial charge in [-0.25, -0.2) is 0 Å². The Morgan fingerprint density at radius 2 is 2.12 bits per heavy atom. The monoisotopic (exact) mass is 357 g/mol. The van der Waals surface area contributed by atoms with Gasteiger partial charge in [-0.05, 0) is 37.8 Å². The summed E-state index contributed by atoms with van der Waals surface area (Å²) in [5.41, 5.74) is 0. The highest BCUT2D eigenvalue weighted by Crippen LogP contribution is 2.21. The normalized spacial score (nSPS) is 22.0. The van der Waals surface area contributed by atoms with Crippen molar-refractivity contribution in [1.29, 1.82) is 0 Å². The van der Waals surface area contributed by atoms with E-state index in [1.54, 1.807) is 12.4 Å². The van der Waals surface area contributed by atoms with Crippen molar-refractivity contribution >= 4 is 0 Å². The SMILES string of the molecule is CC1Cc2nnc(COc3cccnc3)n2CCN1CC1CCOCC1. The van der Waals surface area contributed by atoms with Gasteiger partial charge in [-0.1, -0.05) is 0 Å². The molecule has 1 unspecified atom stereocenters. The van der Waals surface area contributed by atoms with E-state index in [0.29, 0.717) is 12.6 Å². The Kier molecular flexibility index (Phi) is 5.45. The van der Waals surface area contributed by atoms with Gasteiger partial charge in [-0.3, -0.25) is 9.88 Å². The minimum absolute atomic E-state index is 0.424. The van der Waals surface area contributed by atoms with Crippen molar-refractivity contribution in [2.75, 3.05) is 26.3 Å². The molecule has 0 spiro atoms. The van der Waals surface area contributed by atoms with E-state index in [0.717, 1.165) is 62.6 Å². The highest BCUT2D eigenvalue weighted by atomic mass is 16.5. The first kappa shape index (κ1) is 17.4. The lowest BCUT2D eigenvalue weighted by molar-refractivity contribution is 0.0468. The van der Waals surface area contributed by atoms with Gasteiger partial charge in [-0.2, -0.15) is 0 Å². The number of pyridine rings is 1. The molecule has 140 valence electrons. The molecule has 1 atom stereocenters. The fourth-order valence-corrected chi connectivity index (χ4v) is 3.84. The second-order valence-corrected chi connectivity index (χ2v) is 7.27. The van der Waals surface area contributed by atoms with Crippen LogP contribution in [-0.4, -0.2) is 57.0 Å². The molecule has 0 radical (unpaired) electrons. The van der Waals surface area contributed by atoms with E-state index in [2.05, 4.69) is 31.6 Å². The molecule has 4 rings (SSSR count). The van der Waals surface area contributed by atoms with Gasteiger partial charge in [0.1, 0.15) is 18.2 Å². The smallest absolute Gasteiger partial charge is 0.171 e. The zero-order chi connectivity index (χ0) is 17.8. The second kappa shape index (κ2) is 8.14. The lowest BCUT2D eigenvalue weighted by Gasteiger charge is -2.32. The largest absolute Gasteiger partial charge is 0.484 e. The van der Waals surface area contributed by atoms with E-state index in [1.165, 1.54) is 12.8 Å². The molecular weight excluding hydrogens is 330 g/mol. The molecular formula is C19H27N5O2. The van der Waals surface area contributed by atoms with Crippen LogP contribution in [0.1, 0.15) is 31.4 Å². The van der Waals surface area contributed by atoms with Gasteiger partial charge in [0.25, 0.3) is 0 Å². The molecule has 2 aromatic rings. The number of fused-ring (bicyclic) bond motifs is 1. The van der Waals surface area contributed by atoms with E-state index in [4.69, 9.17) is 9.47 Å². The van der Waals surface area contributed by atoms with Crippen molar-refractivity contribution in [1.82, 2.24) is 24.6 Å². The van der Waals surface area contributed by atoms with Crippen LogP contribution in [-0.2, 0) is 24.3 Å². The van der Waals surface area contributed by atoms with E-state index in [9.17, 15) is 0 Å². The standard InChI is InChI=1S/C19H27N5O2/c1-15-11-18-21-22-19(14-26-17-3-2-6-20-12-17)24(18)8-7-23(15)13-16-4-9-25-10-5-16/h2-3,6,12,15-16H,4-5,7-11,13-14H2,1H3. The molecule has 2 aromatic heterocycles. The van der Waals surface area contributed by atoms with Gasteiger partial charge in [-0.15, -0.1) is 10.2 Å². The van der Waals surface area contributed by atoms with Crippen LogP contribution in [0.3, 0.4) is 0 Å². The average molecular weight is 357 g/mol. The Morgan fingerprint density at radius 1 is 1.23 bits per heavy atom. The maximum absolute atomic E-state index is 5.82. The molecule has 0 saturated carbocycles. The first-order valence-corrected chi connectivity index (χ1v) is 9.55. The van der Waals surface area contributed by atoms with Crippen molar-refractivity contribution in [2.45, 2.75) is 45.4 Å². The summed E-state index contributed by atoms with van der Waals surface area (Å²) in [7, 11) is 0. The molecule has 1 saturated heterocycles. The van der Waals surface area contributed by atoms with Crippen LogP contribution < -0.4 is 4.74 Å². The molecule has 1 fully saturated rings. The Labute approximate surface area is 154 Å². The van der Waals surface area contributed by atoms with Gasteiger partial charge in [0.05, 0.1) is 6.20 Å². The minimum Gasteiger partial charge on any atom is -0.484 e. The number of hydrogen-bond acceptors (Lipinski definition) is 6. The van der Waals surface area contributed by atoms with Crippen molar-refractivity contribution in [2.24, 2.45) is 5.92 Å². The first-order valence-electron chi connectivity index (χ1n) is 9.55. The Bertz CT molecular complexity index is 699. The zero-order valence-corrected chi connectivity index (χ0v) is 15.4. The zero-order valence-electron chi connectivity index (χ0n) is 15.4. The van der Waals surface area contributed by atoms with E-state index in [-0.39, 0.29) is 0 Å². The molecule has 26 heavy (non-hydrogen) atoms. The Morgan fingerprint density at radius 3 is 2.92 bits per heavy atom. The summed E-state index contributed by atoms with van der Waals surface area (Å²) in [6, 6.07) is 4.26. The van der Waals surface area contributed by atoms with E-state index in [1.807, 2.05) is 12.1 Å². The van der Waals surface area contributed by atoms with Crippen LogP contribution >= 0.6 is 0 Å². The highest BCUT2D eigenvalue weighted by molar-refractivity contribution is 5.15. The number of aromatic nitrogens is 4. The second-order valence-electron chi connectivity index (χ2n) is 7.27. The quantitative estimate of drug-likeness (QED) is 0.815. The molecule has 0 amide bonds. The molecule has 7 heteroatoms. The fourth-order valence-electron chi connectivity index (χ4n) is 3.84.